The second kappa shape index (κ2) is 10.0. The van der Waals surface area contributed by atoms with E-state index in [0.717, 1.165) is 13.0 Å². The quantitative estimate of drug-likeness (QED) is 0.564. The van der Waals surface area contributed by atoms with Crippen LogP contribution in [0.2, 0.25) is 0 Å². The maximum Gasteiger partial charge on any atom is 0.106 e. The molecular weight excluding hydrogens is 272 g/mol. The standard InChI is InChI=1S/C20H32O2/c1-3-5-7-8-10-19-15-22-20(16-21-19)18-13-11-17(12-14-18)9-6-4-2/h11-14,19-20H,3-10,15-16H2,1-2H3/t19-,20-/m1/s1. The van der Waals surface area contributed by atoms with Gasteiger partial charge in [0.25, 0.3) is 0 Å². The van der Waals surface area contributed by atoms with E-state index >= 15 is 0 Å². The van der Waals surface area contributed by atoms with Gasteiger partial charge in [-0.05, 0) is 30.4 Å². The third-order valence-electron chi connectivity index (χ3n) is 4.52. The van der Waals surface area contributed by atoms with E-state index in [2.05, 4.69) is 38.1 Å². The van der Waals surface area contributed by atoms with Gasteiger partial charge in [0.15, 0.2) is 0 Å². The molecule has 124 valence electrons. The fourth-order valence-electron chi connectivity index (χ4n) is 2.98. The lowest BCUT2D eigenvalue weighted by Gasteiger charge is -2.30. The van der Waals surface area contributed by atoms with E-state index in [1.807, 2.05) is 0 Å². The molecule has 0 aromatic heterocycles. The third-order valence-corrected chi connectivity index (χ3v) is 4.52. The largest absolute Gasteiger partial charge is 0.373 e. The molecule has 0 N–H and O–H groups in total. The monoisotopic (exact) mass is 304 g/mol. The molecule has 1 aliphatic heterocycles. The summed E-state index contributed by atoms with van der Waals surface area (Å²) in [6.07, 6.45) is 10.5. The summed E-state index contributed by atoms with van der Waals surface area (Å²) < 4.78 is 12.0. The van der Waals surface area contributed by atoms with Crippen LogP contribution in [-0.4, -0.2) is 19.3 Å². The van der Waals surface area contributed by atoms with Gasteiger partial charge in [-0.3, -0.25) is 0 Å². The summed E-state index contributed by atoms with van der Waals surface area (Å²) in [7, 11) is 0. The molecule has 0 spiro atoms. The molecule has 0 amide bonds. The fraction of sp³-hybridized carbons (Fsp3) is 0.700. The van der Waals surface area contributed by atoms with Gasteiger partial charge in [0.05, 0.1) is 19.3 Å². The Labute approximate surface area is 136 Å². The van der Waals surface area contributed by atoms with Crippen LogP contribution in [-0.2, 0) is 15.9 Å². The van der Waals surface area contributed by atoms with Gasteiger partial charge >= 0.3 is 0 Å². The molecule has 0 saturated carbocycles. The highest BCUT2D eigenvalue weighted by Gasteiger charge is 2.23. The number of aryl methyl sites for hydroxylation is 1. The minimum atomic E-state index is 0.118. The van der Waals surface area contributed by atoms with Crippen molar-refractivity contribution in [2.24, 2.45) is 0 Å². The molecule has 1 heterocycles. The first kappa shape index (κ1) is 17.5. The predicted octanol–water partition coefficient (Wildman–Crippen LogP) is 5.46. The normalized spacial score (nSPS) is 21.9. The first-order valence-corrected chi connectivity index (χ1v) is 9.15. The molecular formula is C20H32O2. The highest BCUT2D eigenvalue weighted by molar-refractivity contribution is 5.24. The van der Waals surface area contributed by atoms with E-state index < -0.39 is 0 Å². The number of rotatable bonds is 9. The first-order valence-electron chi connectivity index (χ1n) is 9.15. The Bertz CT molecular complexity index is 391. The Balaban J connectivity index is 1.72. The number of hydrogen-bond acceptors (Lipinski definition) is 2. The highest BCUT2D eigenvalue weighted by atomic mass is 16.6. The van der Waals surface area contributed by atoms with Crippen LogP contribution in [0.1, 0.15) is 76.0 Å². The van der Waals surface area contributed by atoms with Crippen LogP contribution < -0.4 is 0 Å². The molecule has 0 unspecified atom stereocenters. The van der Waals surface area contributed by atoms with Gasteiger partial charge in [0, 0.05) is 0 Å². The van der Waals surface area contributed by atoms with Crippen molar-refractivity contribution in [3.05, 3.63) is 35.4 Å². The molecule has 22 heavy (non-hydrogen) atoms. The molecule has 2 nitrogen and oxygen atoms in total. The van der Waals surface area contributed by atoms with E-state index in [-0.39, 0.29) is 6.10 Å². The van der Waals surface area contributed by atoms with Crippen LogP contribution in [0.4, 0.5) is 0 Å². The summed E-state index contributed by atoms with van der Waals surface area (Å²) in [6, 6.07) is 8.90. The molecule has 1 aromatic carbocycles. The predicted molar refractivity (Wildman–Crippen MR) is 92.2 cm³/mol. The van der Waals surface area contributed by atoms with Crippen LogP contribution in [0.15, 0.2) is 24.3 Å². The van der Waals surface area contributed by atoms with E-state index in [9.17, 15) is 0 Å². The Morgan fingerprint density at radius 3 is 2.27 bits per heavy atom. The summed E-state index contributed by atoms with van der Waals surface area (Å²) >= 11 is 0. The Kier molecular flexibility index (Phi) is 7.96. The van der Waals surface area contributed by atoms with Crippen LogP contribution in [0.5, 0.6) is 0 Å². The maximum atomic E-state index is 6.03. The average molecular weight is 304 g/mol. The molecule has 0 bridgehead atoms. The second-order valence-corrected chi connectivity index (χ2v) is 6.47. The zero-order valence-corrected chi connectivity index (χ0v) is 14.4. The number of hydrogen-bond donors (Lipinski definition) is 0. The molecule has 1 saturated heterocycles. The Morgan fingerprint density at radius 1 is 0.864 bits per heavy atom. The van der Waals surface area contributed by atoms with Gasteiger partial charge in [-0.2, -0.15) is 0 Å². The lowest BCUT2D eigenvalue weighted by atomic mass is 10.0. The number of unbranched alkanes of at least 4 members (excludes halogenated alkanes) is 4. The van der Waals surface area contributed by atoms with E-state index in [0.29, 0.717) is 12.7 Å². The molecule has 1 aliphatic rings. The smallest absolute Gasteiger partial charge is 0.106 e. The van der Waals surface area contributed by atoms with Crippen molar-refractivity contribution in [1.29, 1.82) is 0 Å². The molecule has 0 aliphatic carbocycles. The first-order chi connectivity index (χ1) is 10.8. The van der Waals surface area contributed by atoms with Crippen molar-refractivity contribution in [3.63, 3.8) is 0 Å². The SMILES string of the molecule is CCCCCC[C@@H]1CO[C@@H](c2ccc(CCCC)cc2)CO1. The van der Waals surface area contributed by atoms with Gasteiger partial charge in [-0.15, -0.1) is 0 Å². The minimum Gasteiger partial charge on any atom is -0.373 e. The lowest BCUT2D eigenvalue weighted by Crippen LogP contribution is -2.31. The van der Waals surface area contributed by atoms with Crippen molar-refractivity contribution in [2.45, 2.75) is 77.4 Å². The van der Waals surface area contributed by atoms with Gasteiger partial charge in [-0.1, -0.05) is 70.2 Å². The Hall–Kier alpha value is -0.860. The van der Waals surface area contributed by atoms with E-state index in [4.69, 9.17) is 9.47 Å². The summed E-state index contributed by atoms with van der Waals surface area (Å²) in [5, 5.41) is 0. The van der Waals surface area contributed by atoms with Crippen molar-refractivity contribution >= 4 is 0 Å². The van der Waals surface area contributed by atoms with Crippen LogP contribution in [0, 0.1) is 0 Å². The van der Waals surface area contributed by atoms with Crippen LogP contribution in [0.3, 0.4) is 0 Å². The summed E-state index contributed by atoms with van der Waals surface area (Å²) in [5.74, 6) is 0. The molecule has 2 heteroatoms. The number of ether oxygens (including phenoxy) is 2. The topological polar surface area (TPSA) is 18.5 Å². The van der Waals surface area contributed by atoms with Crippen LogP contribution >= 0.6 is 0 Å². The van der Waals surface area contributed by atoms with E-state index in [1.165, 1.54) is 56.1 Å². The van der Waals surface area contributed by atoms with Crippen molar-refractivity contribution in [3.8, 4) is 0 Å². The zero-order valence-electron chi connectivity index (χ0n) is 14.4. The van der Waals surface area contributed by atoms with Crippen LogP contribution in [0.25, 0.3) is 0 Å². The molecule has 0 radical (unpaired) electrons. The molecule has 1 aromatic rings. The third kappa shape index (κ3) is 5.73. The molecule has 2 rings (SSSR count). The van der Waals surface area contributed by atoms with Gasteiger partial charge in [0.1, 0.15) is 6.10 Å². The van der Waals surface area contributed by atoms with Gasteiger partial charge in [-0.25, -0.2) is 0 Å². The summed E-state index contributed by atoms with van der Waals surface area (Å²) in [4.78, 5) is 0. The Morgan fingerprint density at radius 2 is 1.64 bits per heavy atom. The van der Waals surface area contributed by atoms with E-state index in [1.54, 1.807) is 0 Å². The van der Waals surface area contributed by atoms with Gasteiger partial charge < -0.3 is 9.47 Å². The highest BCUT2D eigenvalue weighted by Crippen LogP contribution is 2.25. The minimum absolute atomic E-state index is 0.118. The molecule has 2 atom stereocenters. The number of benzene rings is 1. The maximum absolute atomic E-state index is 6.03. The van der Waals surface area contributed by atoms with Crippen molar-refractivity contribution in [2.75, 3.05) is 13.2 Å². The lowest BCUT2D eigenvalue weighted by molar-refractivity contribution is -0.137. The van der Waals surface area contributed by atoms with Crippen molar-refractivity contribution in [1.82, 2.24) is 0 Å². The molecule has 1 fully saturated rings. The second-order valence-electron chi connectivity index (χ2n) is 6.47. The fourth-order valence-corrected chi connectivity index (χ4v) is 2.98. The average Bonchev–Trinajstić information content (AvgIpc) is 2.58. The van der Waals surface area contributed by atoms with Crippen molar-refractivity contribution < 1.29 is 9.47 Å². The summed E-state index contributed by atoms with van der Waals surface area (Å²) in [5.41, 5.74) is 2.68. The van der Waals surface area contributed by atoms with Gasteiger partial charge in [0.2, 0.25) is 0 Å². The zero-order chi connectivity index (χ0) is 15.6. The summed E-state index contributed by atoms with van der Waals surface area (Å²) in [6.45, 7) is 5.93.